The molecule has 39 heavy (non-hydrogen) atoms. The average Bonchev–Trinajstić information content (AvgIpc) is 3.09. The maximum atomic E-state index is 13.1. The second-order valence-electron chi connectivity index (χ2n) is 5.52. The van der Waals surface area contributed by atoms with Crippen LogP contribution >= 0.6 is 0 Å². The molecule has 0 aliphatic carbocycles. The quantitative estimate of drug-likeness (QED) is 0.107. The fraction of sp³-hybridized carbons (Fsp3) is 0.833. The SMILES string of the molecule is [N-]=[N+]=NO[C@@]1(N=[N+]=[N-])[C@@](N=[N+]=[N-])([C@](N=[N+]=[N-])(ON=[N+]=[N-])C(O)(N=[N+]=[N-])N=[N+]=[N-])OC(=O)[C@]1(N=[N+]=[N-])ON=[N+]=[N-]. The molecule has 1 heterocycles. The van der Waals surface area contributed by atoms with Crippen LogP contribution in [-0.2, 0) is 24.0 Å². The van der Waals surface area contributed by atoms with Gasteiger partial charge in [-0.3, -0.25) is 0 Å². The van der Waals surface area contributed by atoms with Gasteiger partial charge in [0.05, 0.1) is 0 Å². The topological polar surface area (TPSA) is 513 Å². The summed E-state index contributed by atoms with van der Waals surface area (Å²) in [5.41, 5.74) is 64.2. The Kier molecular flexibility index (Phi) is 9.01. The molecular formula is C6HN27O6. The predicted molar refractivity (Wildman–Crippen MR) is 108 cm³/mol. The highest BCUT2D eigenvalue weighted by Gasteiger charge is 2.90. The van der Waals surface area contributed by atoms with Crippen LogP contribution in [0.4, 0.5) is 0 Å². The molecule has 4 atom stereocenters. The molecule has 1 fully saturated rings. The van der Waals surface area contributed by atoms with Crippen LogP contribution in [0.25, 0.3) is 94.0 Å². The number of cyclic esters (lactones) is 1. The normalized spacial score (nSPS) is 25.0. The zero-order valence-electron chi connectivity index (χ0n) is 17.6. The molecule has 0 unspecified atom stereocenters. The highest BCUT2D eigenvalue weighted by Crippen LogP contribution is 2.60. The molecule has 0 radical (unpaired) electrons. The minimum Gasteiger partial charge on any atom is -0.440 e. The number of hydrogen-bond donors (Lipinski definition) is 1. The van der Waals surface area contributed by atoms with Gasteiger partial charge in [0.2, 0.25) is 0 Å². The van der Waals surface area contributed by atoms with Crippen molar-refractivity contribution in [1.29, 1.82) is 0 Å². The fourth-order valence-electron chi connectivity index (χ4n) is 2.87. The first-order valence-electron chi connectivity index (χ1n) is 8.19. The Bertz CT molecular complexity index is 1460. The van der Waals surface area contributed by atoms with Gasteiger partial charge in [-0.25, -0.2) is 4.79 Å². The van der Waals surface area contributed by atoms with Crippen molar-refractivity contribution in [3.63, 3.8) is 0 Å². The van der Waals surface area contributed by atoms with E-state index in [9.17, 15) is 26.5 Å². The number of azide groups is 8. The van der Waals surface area contributed by atoms with Gasteiger partial charge >= 0.3 is 17.4 Å². The third-order valence-electron chi connectivity index (χ3n) is 4.09. The van der Waals surface area contributed by atoms with Crippen LogP contribution in [0.3, 0.4) is 0 Å². The monoisotopic (exact) mass is 547 g/mol. The maximum absolute atomic E-state index is 13.1. The van der Waals surface area contributed by atoms with Gasteiger partial charge in [0, 0.05) is 44.2 Å². The lowest BCUT2D eigenvalue weighted by Gasteiger charge is -2.49. The van der Waals surface area contributed by atoms with Crippen molar-refractivity contribution in [2.24, 2.45) is 46.5 Å². The minimum atomic E-state index is -4.38. The Morgan fingerprint density at radius 1 is 0.667 bits per heavy atom. The second kappa shape index (κ2) is 11.8. The van der Waals surface area contributed by atoms with Gasteiger partial charge in [-0.15, -0.1) is 0 Å². The van der Waals surface area contributed by atoms with Gasteiger partial charge in [-0.1, -0.05) is 0 Å². The number of nitrogens with zero attached hydrogens (tertiary/aromatic N) is 27. The molecule has 0 aromatic rings. The molecule has 1 aliphatic heterocycles. The van der Waals surface area contributed by atoms with E-state index in [0.717, 1.165) is 0 Å². The molecular weight excluding hydrogens is 546 g/mol. The van der Waals surface area contributed by atoms with Gasteiger partial charge in [-0.05, 0) is 80.5 Å². The number of carbonyl (C=O) groups is 1. The molecule has 196 valence electrons. The van der Waals surface area contributed by atoms with E-state index in [4.69, 9.17) is 37.9 Å². The smallest absolute Gasteiger partial charge is 0.363 e. The molecule has 0 saturated carbocycles. The predicted octanol–water partition coefficient (Wildman–Crippen LogP) is 4.56. The summed E-state index contributed by atoms with van der Waals surface area (Å²) in [6.45, 7) is 0. The van der Waals surface area contributed by atoms with Crippen molar-refractivity contribution < 1.29 is 29.2 Å². The van der Waals surface area contributed by atoms with Crippen LogP contribution < -0.4 is 0 Å². The second-order valence-corrected chi connectivity index (χ2v) is 5.52. The summed E-state index contributed by atoms with van der Waals surface area (Å²) in [6.07, 6.45) is 0. The molecule has 33 heteroatoms. The van der Waals surface area contributed by atoms with E-state index in [0.29, 0.717) is 0 Å². The molecule has 1 aliphatic rings. The van der Waals surface area contributed by atoms with Crippen LogP contribution in [-0.4, -0.2) is 39.8 Å². The zero-order valence-corrected chi connectivity index (χ0v) is 17.6. The minimum absolute atomic E-state index is 2.05. The molecule has 0 bridgehead atoms. The van der Waals surface area contributed by atoms with Crippen LogP contribution in [0.15, 0.2) is 46.5 Å². The summed E-state index contributed by atoms with van der Waals surface area (Å²) in [7, 11) is 0. The highest BCUT2D eigenvalue weighted by atomic mass is 16.8. The summed E-state index contributed by atoms with van der Waals surface area (Å²) in [5, 5.41) is 34.9. The summed E-state index contributed by atoms with van der Waals surface area (Å²) in [4.78, 5) is 45.7. The van der Waals surface area contributed by atoms with E-state index in [1.54, 1.807) is 0 Å². The van der Waals surface area contributed by atoms with Gasteiger partial charge in [-0.2, -0.15) is 0 Å². The van der Waals surface area contributed by atoms with E-state index in [1.165, 1.54) is 0 Å². The van der Waals surface area contributed by atoms with E-state index in [1.807, 2.05) is 0 Å². The van der Waals surface area contributed by atoms with Gasteiger partial charge in [0.1, 0.15) is 15.8 Å². The van der Waals surface area contributed by atoms with Crippen LogP contribution in [0.2, 0.25) is 0 Å². The van der Waals surface area contributed by atoms with Gasteiger partial charge < -0.3 is 24.4 Å². The third-order valence-corrected chi connectivity index (χ3v) is 4.09. The highest BCUT2D eigenvalue weighted by molar-refractivity contribution is 5.85. The molecule has 1 rings (SSSR count). The zero-order chi connectivity index (χ0) is 29.6. The number of rotatable bonds is 14. The van der Waals surface area contributed by atoms with E-state index in [2.05, 4.69) is 105 Å². The lowest BCUT2D eigenvalue weighted by atomic mass is 9.82. The molecule has 33 nitrogen and oxygen atoms in total. The van der Waals surface area contributed by atoms with Crippen molar-refractivity contribution in [3.8, 4) is 0 Å². The average molecular weight is 547 g/mol. The van der Waals surface area contributed by atoms with E-state index >= 15 is 0 Å². The number of esters is 1. The maximum Gasteiger partial charge on any atom is 0.363 e. The molecule has 0 spiro atoms. The lowest BCUT2D eigenvalue weighted by molar-refractivity contribution is -0.318. The molecule has 0 aromatic heterocycles. The van der Waals surface area contributed by atoms with Gasteiger partial charge in [0.25, 0.3) is 17.3 Å². The van der Waals surface area contributed by atoms with Crippen LogP contribution in [0, 0.1) is 0 Å². The first-order chi connectivity index (χ1) is 18.7. The van der Waals surface area contributed by atoms with Crippen molar-refractivity contribution in [1.82, 2.24) is 0 Å². The fourth-order valence-corrected chi connectivity index (χ4v) is 2.87. The van der Waals surface area contributed by atoms with Crippen molar-refractivity contribution in [2.75, 3.05) is 0 Å². The molecule has 0 aromatic carbocycles. The Labute approximate surface area is 205 Å². The number of aliphatic hydroxyl groups is 1. The Morgan fingerprint density at radius 2 is 1.18 bits per heavy atom. The molecule has 0 amide bonds. The Hall–Kier alpha value is -7.38. The van der Waals surface area contributed by atoms with Gasteiger partial charge in [0.15, 0.2) is 0 Å². The standard InChI is InChI=1S/C6HN27O6/c7-22-16-2(37-31-28-13)1(34)36-4(18-24-9,3(2,17-23-8)38-32-29-14)5(19-25-10,39-33-30-15)6(35,20-26-11)21-27-12/h35H/t2-,3+,4-,5-/m0/s1. The molecule has 1 N–H and O–H groups in total. The summed E-state index contributed by atoms with van der Waals surface area (Å²) in [5.74, 6) is -6.61. The number of ether oxygens (including phenoxy) is 1. The van der Waals surface area contributed by atoms with Crippen molar-refractivity contribution in [2.45, 2.75) is 28.7 Å². The van der Waals surface area contributed by atoms with E-state index < -0.39 is 34.7 Å². The Balaban J connectivity index is 4.97. The summed E-state index contributed by atoms with van der Waals surface area (Å²) >= 11 is 0. The Morgan fingerprint density at radius 3 is 1.64 bits per heavy atom. The molecule has 1 saturated heterocycles. The van der Waals surface area contributed by atoms with Crippen LogP contribution in [0.1, 0.15) is 0 Å². The largest absolute Gasteiger partial charge is 0.440 e. The first kappa shape index (κ1) is 29.7. The van der Waals surface area contributed by atoms with E-state index in [-0.39, 0.29) is 0 Å². The number of carbonyl (C=O) groups excluding carboxylic acids is 1. The summed E-state index contributed by atoms with van der Waals surface area (Å²) in [6, 6.07) is 0. The van der Waals surface area contributed by atoms with Crippen molar-refractivity contribution >= 4 is 5.97 Å². The lowest BCUT2D eigenvalue weighted by Crippen LogP contribution is -2.75. The van der Waals surface area contributed by atoms with Crippen molar-refractivity contribution in [3.05, 3.63) is 94.0 Å². The summed E-state index contributed by atoms with van der Waals surface area (Å²) < 4.78 is 4.77. The number of hydrogen-bond acceptors (Lipinski definition) is 15. The first-order valence-corrected chi connectivity index (χ1v) is 8.19. The van der Waals surface area contributed by atoms with Crippen LogP contribution in [0.5, 0.6) is 0 Å². The third kappa shape index (κ3) is 4.06.